The van der Waals surface area contributed by atoms with E-state index in [1.54, 1.807) is 38.6 Å². The molecule has 0 atom stereocenters. The van der Waals surface area contributed by atoms with Crippen LogP contribution in [0.3, 0.4) is 0 Å². The van der Waals surface area contributed by atoms with Crippen LogP contribution in [0.15, 0.2) is 78.2 Å². The molecule has 0 saturated carbocycles. The van der Waals surface area contributed by atoms with E-state index in [9.17, 15) is 13.2 Å². The second-order valence-corrected chi connectivity index (χ2v) is 7.95. The summed E-state index contributed by atoms with van der Waals surface area (Å²) in [4.78, 5) is 4.28. The quantitative estimate of drug-likeness (QED) is 0.179. The standard InChI is InChI=1S/C25H21F3N6O3S/c1-35-20-4-3-5-21(36-2)22(20)31-24(38)32-30-14-16-6-8-17(9-7-16)23-29-15-34(33-23)18-10-12-19(13-11-18)37-25(26,27)28/h3-15H,1-2H3,(H2,31,32,38). The van der Waals surface area contributed by atoms with Crippen molar-refractivity contribution in [3.63, 3.8) is 0 Å². The molecule has 4 rings (SSSR count). The molecule has 9 nitrogen and oxygen atoms in total. The summed E-state index contributed by atoms with van der Waals surface area (Å²) in [7, 11) is 3.10. The highest BCUT2D eigenvalue weighted by atomic mass is 32.1. The molecule has 0 radical (unpaired) electrons. The summed E-state index contributed by atoms with van der Waals surface area (Å²) in [5, 5.41) is 11.8. The monoisotopic (exact) mass is 542 g/mol. The normalized spacial score (nSPS) is 11.3. The van der Waals surface area contributed by atoms with E-state index in [2.05, 4.69) is 30.7 Å². The average molecular weight is 543 g/mol. The van der Waals surface area contributed by atoms with Gasteiger partial charge in [0.05, 0.1) is 26.1 Å². The Hall–Kier alpha value is -4.65. The molecule has 4 aromatic rings. The van der Waals surface area contributed by atoms with Crippen LogP contribution in [-0.4, -0.2) is 46.7 Å². The number of nitrogens with one attached hydrogen (secondary N) is 2. The molecule has 13 heteroatoms. The maximum atomic E-state index is 12.3. The Kier molecular flexibility index (Phi) is 8.06. The molecule has 0 aliphatic heterocycles. The number of benzene rings is 3. The minimum absolute atomic E-state index is 0.244. The lowest BCUT2D eigenvalue weighted by molar-refractivity contribution is -0.274. The van der Waals surface area contributed by atoms with Gasteiger partial charge in [-0.05, 0) is 54.2 Å². The fraction of sp³-hybridized carbons (Fsp3) is 0.120. The van der Waals surface area contributed by atoms with Crippen molar-refractivity contribution in [3.05, 3.63) is 78.6 Å². The van der Waals surface area contributed by atoms with Crippen LogP contribution in [0.4, 0.5) is 18.9 Å². The molecule has 0 fully saturated rings. The lowest BCUT2D eigenvalue weighted by atomic mass is 10.1. The number of hydrogen-bond acceptors (Lipinski definition) is 7. The van der Waals surface area contributed by atoms with Crippen molar-refractivity contribution >= 4 is 29.2 Å². The summed E-state index contributed by atoms with van der Waals surface area (Å²) in [6, 6.07) is 18.0. The number of para-hydroxylation sites is 1. The Morgan fingerprint density at radius 2 is 1.63 bits per heavy atom. The van der Waals surface area contributed by atoms with Gasteiger partial charge in [0.2, 0.25) is 0 Å². The third kappa shape index (κ3) is 6.76. The lowest BCUT2D eigenvalue weighted by Gasteiger charge is -2.14. The van der Waals surface area contributed by atoms with Gasteiger partial charge in [0.25, 0.3) is 0 Å². The van der Waals surface area contributed by atoms with Crippen molar-refractivity contribution in [3.8, 4) is 34.3 Å². The van der Waals surface area contributed by atoms with Gasteiger partial charge < -0.3 is 19.5 Å². The summed E-state index contributed by atoms with van der Waals surface area (Å²) in [6.45, 7) is 0. The van der Waals surface area contributed by atoms with Crippen LogP contribution < -0.4 is 25.0 Å². The summed E-state index contributed by atoms with van der Waals surface area (Å²) in [5.41, 5.74) is 5.39. The van der Waals surface area contributed by atoms with Gasteiger partial charge in [0.15, 0.2) is 10.9 Å². The SMILES string of the molecule is COc1cccc(OC)c1NC(=S)NN=Cc1ccc(-c2ncn(-c3ccc(OC(F)(F)F)cc3)n2)cc1. The third-order valence-electron chi connectivity index (χ3n) is 5.04. The topological polar surface area (TPSA) is 94.8 Å². The lowest BCUT2D eigenvalue weighted by Crippen LogP contribution is -2.24. The van der Waals surface area contributed by atoms with E-state index in [0.717, 1.165) is 11.1 Å². The Labute approximate surface area is 220 Å². The molecule has 196 valence electrons. The summed E-state index contributed by atoms with van der Waals surface area (Å²) in [6.07, 6.45) is -1.69. The minimum Gasteiger partial charge on any atom is -0.494 e. The van der Waals surface area contributed by atoms with Crippen molar-refractivity contribution in [1.29, 1.82) is 0 Å². The van der Waals surface area contributed by atoms with E-state index in [0.29, 0.717) is 28.7 Å². The zero-order chi connectivity index (χ0) is 27.1. The molecule has 0 saturated heterocycles. The first kappa shape index (κ1) is 26.4. The number of nitrogens with zero attached hydrogens (tertiary/aromatic N) is 4. The van der Waals surface area contributed by atoms with Gasteiger partial charge in [0.1, 0.15) is 29.3 Å². The number of hydrogen-bond donors (Lipinski definition) is 2. The Morgan fingerprint density at radius 1 is 0.974 bits per heavy atom. The minimum atomic E-state index is -4.75. The van der Waals surface area contributed by atoms with Gasteiger partial charge in [0, 0.05) is 5.56 Å². The first-order chi connectivity index (χ1) is 18.3. The molecule has 1 heterocycles. The molecule has 0 aliphatic carbocycles. The van der Waals surface area contributed by atoms with Crippen molar-refractivity contribution in [2.45, 2.75) is 6.36 Å². The van der Waals surface area contributed by atoms with Crippen LogP contribution in [0.1, 0.15) is 5.56 Å². The zero-order valence-electron chi connectivity index (χ0n) is 20.1. The maximum Gasteiger partial charge on any atom is 0.573 e. The van der Waals surface area contributed by atoms with Crippen molar-refractivity contribution in [1.82, 2.24) is 20.2 Å². The third-order valence-corrected chi connectivity index (χ3v) is 5.23. The fourth-order valence-electron chi connectivity index (χ4n) is 3.32. The van der Waals surface area contributed by atoms with Crippen LogP contribution in [0.25, 0.3) is 17.1 Å². The number of alkyl halides is 3. The molecule has 0 amide bonds. The van der Waals surface area contributed by atoms with Gasteiger partial charge in [-0.2, -0.15) is 5.10 Å². The molecule has 38 heavy (non-hydrogen) atoms. The Morgan fingerprint density at radius 3 is 2.24 bits per heavy atom. The van der Waals surface area contributed by atoms with Crippen LogP contribution in [-0.2, 0) is 0 Å². The van der Waals surface area contributed by atoms with Crippen LogP contribution >= 0.6 is 12.2 Å². The molecule has 3 aromatic carbocycles. The molecule has 1 aromatic heterocycles. The summed E-state index contributed by atoms with van der Waals surface area (Å²) < 4.78 is 53.0. The van der Waals surface area contributed by atoms with E-state index in [1.807, 2.05) is 24.3 Å². The molecular formula is C25H21F3N6O3S. The van der Waals surface area contributed by atoms with E-state index < -0.39 is 6.36 Å². The Bertz CT molecular complexity index is 1400. The highest BCUT2D eigenvalue weighted by molar-refractivity contribution is 7.80. The smallest absolute Gasteiger partial charge is 0.494 e. The summed E-state index contributed by atoms with van der Waals surface area (Å²) >= 11 is 5.30. The van der Waals surface area contributed by atoms with E-state index >= 15 is 0 Å². The predicted octanol–water partition coefficient (Wildman–Crippen LogP) is 5.17. The molecule has 0 bridgehead atoms. The second-order valence-electron chi connectivity index (χ2n) is 7.54. The van der Waals surface area contributed by atoms with Gasteiger partial charge in [-0.25, -0.2) is 9.67 Å². The first-order valence-electron chi connectivity index (χ1n) is 10.9. The molecule has 0 spiro atoms. The molecule has 2 N–H and O–H groups in total. The van der Waals surface area contributed by atoms with Crippen molar-refractivity contribution < 1.29 is 27.4 Å². The second kappa shape index (κ2) is 11.6. The van der Waals surface area contributed by atoms with Crippen LogP contribution in [0, 0.1) is 0 Å². The number of methoxy groups -OCH3 is 2. The number of ether oxygens (including phenoxy) is 3. The van der Waals surface area contributed by atoms with Gasteiger partial charge in [-0.15, -0.1) is 18.3 Å². The number of rotatable bonds is 8. The van der Waals surface area contributed by atoms with E-state index in [-0.39, 0.29) is 10.9 Å². The number of hydrazone groups is 1. The highest BCUT2D eigenvalue weighted by Crippen LogP contribution is 2.34. The number of halogens is 3. The fourth-order valence-corrected chi connectivity index (χ4v) is 3.47. The van der Waals surface area contributed by atoms with Gasteiger partial charge in [-0.1, -0.05) is 30.3 Å². The number of aromatic nitrogens is 3. The number of anilines is 1. The van der Waals surface area contributed by atoms with Crippen molar-refractivity contribution in [2.75, 3.05) is 19.5 Å². The Balaban J connectivity index is 1.36. The van der Waals surface area contributed by atoms with Gasteiger partial charge in [-0.3, -0.25) is 5.43 Å². The summed E-state index contributed by atoms with van der Waals surface area (Å²) in [5.74, 6) is 1.26. The van der Waals surface area contributed by atoms with Crippen LogP contribution in [0.5, 0.6) is 17.2 Å². The molecular weight excluding hydrogens is 521 g/mol. The van der Waals surface area contributed by atoms with Gasteiger partial charge >= 0.3 is 6.36 Å². The van der Waals surface area contributed by atoms with Crippen LogP contribution in [0.2, 0.25) is 0 Å². The highest BCUT2D eigenvalue weighted by Gasteiger charge is 2.31. The molecule has 0 aliphatic rings. The van der Waals surface area contributed by atoms with Crippen molar-refractivity contribution in [2.24, 2.45) is 5.10 Å². The predicted molar refractivity (Wildman–Crippen MR) is 140 cm³/mol. The number of thiocarbonyl (C=S) groups is 1. The van der Waals surface area contributed by atoms with E-state index in [1.165, 1.54) is 35.3 Å². The largest absolute Gasteiger partial charge is 0.573 e. The molecule has 0 unspecified atom stereocenters. The van der Waals surface area contributed by atoms with E-state index in [4.69, 9.17) is 21.7 Å². The maximum absolute atomic E-state index is 12.3. The average Bonchev–Trinajstić information content (AvgIpc) is 3.39. The first-order valence-corrected chi connectivity index (χ1v) is 11.4. The zero-order valence-corrected chi connectivity index (χ0v) is 20.9.